The van der Waals surface area contributed by atoms with Gasteiger partial charge in [0.05, 0.1) is 0 Å². The number of hydrogen-bond acceptors (Lipinski definition) is 2. The number of rotatable bonds is 2. The van der Waals surface area contributed by atoms with Crippen molar-refractivity contribution in [3.63, 3.8) is 0 Å². The molecule has 1 aliphatic carbocycles. The number of nitrogens with one attached hydrogen (secondary N) is 1. The first kappa shape index (κ1) is 8.04. The molecule has 4 nitrogen and oxygen atoms in total. The first-order valence-corrected chi connectivity index (χ1v) is 3.69. The average Bonchev–Trinajstić information content (AvgIpc) is 2.34. The summed E-state index contributed by atoms with van der Waals surface area (Å²) in [5.74, 6) is -0.105. The summed E-state index contributed by atoms with van der Waals surface area (Å²) >= 11 is 0. The number of carboxylic acid groups (broad SMARTS) is 1. The van der Waals surface area contributed by atoms with Crippen LogP contribution in [0.5, 0.6) is 0 Å². The summed E-state index contributed by atoms with van der Waals surface area (Å²) in [6, 6.07) is -0.148. The predicted octanol–water partition coefficient (Wildman–Crippen LogP) is 0.622. The molecular formula is C7H11NO3. The lowest BCUT2D eigenvalue weighted by atomic mass is 10.1. The minimum Gasteiger partial charge on any atom is -0.465 e. The summed E-state index contributed by atoms with van der Waals surface area (Å²) in [6.45, 7) is 0. The SMILES string of the molecule is O=C[C@@H]1CCC[C@@H]1NC(=O)O. The maximum absolute atomic E-state index is 10.4. The lowest BCUT2D eigenvalue weighted by Crippen LogP contribution is -2.36. The Hall–Kier alpha value is -1.06. The van der Waals surface area contributed by atoms with Gasteiger partial charge >= 0.3 is 6.09 Å². The molecule has 62 valence electrons. The number of carbonyl (C=O) groups excluding carboxylic acids is 1. The van der Waals surface area contributed by atoms with Crippen LogP contribution in [0.1, 0.15) is 19.3 Å². The summed E-state index contributed by atoms with van der Waals surface area (Å²) in [5.41, 5.74) is 0. The largest absolute Gasteiger partial charge is 0.465 e. The third-order valence-electron chi connectivity index (χ3n) is 2.05. The predicted molar refractivity (Wildman–Crippen MR) is 38.4 cm³/mol. The van der Waals surface area contributed by atoms with E-state index in [1.54, 1.807) is 0 Å². The van der Waals surface area contributed by atoms with Crippen LogP contribution in [0.4, 0.5) is 4.79 Å². The van der Waals surface area contributed by atoms with E-state index < -0.39 is 6.09 Å². The maximum Gasteiger partial charge on any atom is 0.404 e. The molecule has 2 atom stereocenters. The second kappa shape index (κ2) is 3.37. The smallest absolute Gasteiger partial charge is 0.404 e. The van der Waals surface area contributed by atoms with Crippen molar-refractivity contribution < 1.29 is 14.7 Å². The first-order valence-electron chi connectivity index (χ1n) is 3.69. The Labute approximate surface area is 64.6 Å². The Morgan fingerprint density at radius 2 is 2.27 bits per heavy atom. The lowest BCUT2D eigenvalue weighted by molar-refractivity contribution is -0.111. The molecule has 1 fully saturated rings. The van der Waals surface area contributed by atoms with E-state index in [9.17, 15) is 9.59 Å². The van der Waals surface area contributed by atoms with Crippen molar-refractivity contribution in [2.75, 3.05) is 0 Å². The first-order chi connectivity index (χ1) is 5.24. The molecule has 4 heteroatoms. The van der Waals surface area contributed by atoms with Crippen LogP contribution in [-0.2, 0) is 4.79 Å². The molecule has 1 saturated carbocycles. The van der Waals surface area contributed by atoms with E-state index in [2.05, 4.69) is 5.32 Å². The normalized spacial score (nSPS) is 29.8. The van der Waals surface area contributed by atoms with Gasteiger partial charge < -0.3 is 15.2 Å². The summed E-state index contributed by atoms with van der Waals surface area (Å²) in [6.07, 6.45) is 2.34. The monoisotopic (exact) mass is 157 g/mol. The minimum absolute atomic E-state index is 0.105. The van der Waals surface area contributed by atoms with E-state index in [1.165, 1.54) is 0 Å². The summed E-state index contributed by atoms with van der Waals surface area (Å²) in [5, 5.41) is 10.7. The highest BCUT2D eigenvalue weighted by Gasteiger charge is 2.27. The molecule has 0 radical (unpaired) electrons. The number of aldehydes is 1. The van der Waals surface area contributed by atoms with Crippen LogP contribution < -0.4 is 5.32 Å². The van der Waals surface area contributed by atoms with Crippen molar-refractivity contribution in [2.45, 2.75) is 25.3 Å². The molecule has 0 spiro atoms. The number of carbonyl (C=O) groups is 2. The Bertz CT molecular complexity index is 169. The fourth-order valence-electron chi connectivity index (χ4n) is 1.49. The van der Waals surface area contributed by atoms with Gasteiger partial charge in [-0.1, -0.05) is 6.42 Å². The van der Waals surface area contributed by atoms with Gasteiger partial charge in [0.1, 0.15) is 6.29 Å². The molecule has 0 unspecified atom stereocenters. The van der Waals surface area contributed by atoms with Crippen LogP contribution in [0.2, 0.25) is 0 Å². The summed E-state index contributed by atoms with van der Waals surface area (Å²) in [4.78, 5) is 20.6. The molecule has 11 heavy (non-hydrogen) atoms. The molecule has 0 bridgehead atoms. The highest BCUT2D eigenvalue weighted by Crippen LogP contribution is 2.23. The van der Waals surface area contributed by atoms with Gasteiger partial charge in [-0.3, -0.25) is 0 Å². The molecule has 0 aliphatic heterocycles. The molecule has 2 N–H and O–H groups in total. The molecule has 0 aromatic heterocycles. The third-order valence-corrected chi connectivity index (χ3v) is 2.05. The highest BCUT2D eigenvalue weighted by molar-refractivity contribution is 5.66. The Morgan fingerprint density at radius 3 is 2.82 bits per heavy atom. The number of hydrogen-bond donors (Lipinski definition) is 2. The van der Waals surface area contributed by atoms with Crippen LogP contribution in [0, 0.1) is 5.92 Å². The van der Waals surface area contributed by atoms with Gasteiger partial charge in [-0.25, -0.2) is 4.79 Å². The zero-order valence-electron chi connectivity index (χ0n) is 6.12. The topological polar surface area (TPSA) is 66.4 Å². The average molecular weight is 157 g/mol. The van der Waals surface area contributed by atoms with Gasteiger partial charge in [-0.2, -0.15) is 0 Å². The Balaban J connectivity index is 2.43. The van der Waals surface area contributed by atoms with Gasteiger partial charge in [-0.05, 0) is 12.8 Å². The van der Waals surface area contributed by atoms with Gasteiger partial charge in [0.15, 0.2) is 0 Å². The van der Waals surface area contributed by atoms with Gasteiger partial charge in [0.25, 0.3) is 0 Å². The van der Waals surface area contributed by atoms with Gasteiger partial charge in [0.2, 0.25) is 0 Å². The van der Waals surface area contributed by atoms with Crippen molar-refractivity contribution >= 4 is 12.4 Å². The van der Waals surface area contributed by atoms with Crippen LogP contribution in [-0.4, -0.2) is 23.5 Å². The Kier molecular flexibility index (Phi) is 2.46. The quantitative estimate of drug-likeness (QED) is 0.577. The van der Waals surface area contributed by atoms with Gasteiger partial charge in [-0.15, -0.1) is 0 Å². The molecule has 0 heterocycles. The highest BCUT2D eigenvalue weighted by atomic mass is 16.4. The zero-order valence-corrected chi connectivity index (χ0v) is 6.12. The van der Waals surface area contributed by atoms with E-state index in [0.717, 1.165) is 25.5 Å². The van der Waals surface area contributed by atoms with E-state index in [1.807, 2.05) is 0 Å². The van der Waals surface area contributed by atoms with Crippen molar-refractivity contribution in [1.29, 1.82) is 0 Å². The standard InChI is InChI=1S/C7H11NO3/c9-4-5-2-1-3-6(5)8-7(10)11/h4-6,8H,1-3H2,(H,10,11)/t5-,6-/m0/s1. The molecule has 0 saturated heterocycles. The molecule has 0 aromatic carbocycles. The maximum atomic E-state index is 10.4. The molecular weight excluding hydrogens is 146 g/mol. The Morgan fingerprint density at radius 1 is 1.55 bits per heavy atom. The van der Waals surface area contributed by atoms with Crippen molar-refractivity contribution in [2.24, 2.45) is 5.92 Å². The second-order valence-electron chi connectivity index (χ2n) is 2.79. The minimum atomic E-state index is -1.04. The van der Waals surface area contributed by atoms with Crippen LogP contribution in [0.25, 0.3) is 0 Å². The zero-order chi connectivity index (χ0) is 8.27. The van der Waals surface area contributed by atoms with E-state index in [-0.39, 0.29) is 12.0 Å². The van der Waals surface area contributed by atoms with E-state index >= 15 is 0 Å². The summed E-state index contributed by atoms with van der Waals surface area (Å²) < 4.78 is 0. The third kappa shape index (κ3) is 1.93. The van der Waals surface area contributed by atoms with Crippen molar-refractivity contribution in [3.05, 3.63) is 0 Å². The fourth-order valence-corrected chi connectivity index (χ4v) is 1.49. The molecule has 1 aliphatic rings. The van der Waals surface area contributed by atoms with Crippen molar-refractivity contribution in [1.82, 2.24) is 5.32 Å². The van der Waals surface area contributed by atoms with E-state index in [4.69, 9.17) is 5.11 Å². The van der Waals surface area contributed by atoms with Crippen molar-refractivity contribution in [3.8, 4) is 0 Å². The summed E-state index contributed by atoms with van der Waals surface area (Å²) in [7, 11) is 0. The van der Waals surface area contributed by atoms with Gasteiger partial charge in [0, 0.05) is 12.0 Å². The molecule has 0 aromatic rings. The van der Waals surface area contributed by atoms with Crippen LogP contribution in [0.15, 0.2) is 0 Å². The second-order valence-corrected chi connectivity index (χ2v) is 2.79. The fraction of sp³-hybridized carbons (Fsp3) is 0.714. The molecule has 1 amide bonds. The van der Waals surface area contributed by atoms with Crippen LogP contribution >= 0.6 is 0 Å². The molecule has 1 rings (SSSR count). The van der Waals surface area contributed by atoms with Crippen LogP contribution in [0.3, 0.4) is 0 Å². The van der Waals surface area contributed by atoms with E-state index in [0.29, 0.717) is 0 Å². The lowest BCUT2D eigenvalue weighted by Gasteiger charge is -2.12. The number of amides is 1.